The van der Waals surface area contributed by atoms with Crippen LogP contribution in [-0.2, 0) is 54.8 Å². The van der Waals surface area contributed by atoms with Gasteiger partial charge in [0, 0.05) is 105 Å². The number of nitrogens with zero attached hydrogens (tertiary/aromatic N) is 10. The molecule has 27 heteroatoms. The zero-order chi connectivity index (χ0) is 79.0. The Labute approximate surface area is 658 Å². The Morgan fingerprint density at radius 2 is 1.11 bits per heavy atom. The molecule has 3 saturated heterocycles. The number of amides is 6. The summed E-state index contributed by atoms with van der Waals surface area (Å²) in [5, 5.41) is 19.3. The standard InChI is InChI=1S/C30H37N5O3.C28H33FN6O3.C27H31ClN6O2/c31-26-13-7-8-18-34(20-26)30(37)22-35(21-29(36)32-17-16-24-9-3-1-4-10-24)28-15-14-27(19-33-28)38-23-25-11-5-2-6-12-25;29-24-7-3-2-6-23(24)25-10-9-22(14-33-25)34(18-28(38)35-15-20(30)13-21(31)16-35)17-27(37)32-12-11-19-5-1-4-8-26(19)36;28-22-9-4-6-20(16-22)17-31-25(35)18-34(19-26(36)33-14-5-10-23(29)12-15-33)24-11-13-30-27(32-24)21-7-2-1-3-8-21/h1-6,9-12,14-15,19,26H,7-8,13,16-18,20-23,31H2,(H,32,36);1-10,14,20-21,36H,11-13,15-18,30-31H2,(H,32,37);1-4,6-9,11,13,16,23H,5,10,12,14-15,17-19,29H2,(H,31,35). The first kappa shape index (κ1) is 83.1. The summed E-state index contributed by atoms with van der Waals surface area (Å²) in [4.78, 5) is 107. The van der Waals surface area contributed by atoms with Crippen LogP contribution in [0.3, 0.4) is 0 Å². The zero-order valence-corrected chi connectivity index (χ0v) is 63.8. The molecule has 0 radical (unpaired) electrons. The minimum absolute atomic E-state index is 0.0182. The van der Waals surface area contributed by atoms with Crippen LogP contribution >= 0.6 is 11.6 Å². The highest BCUT2D eigenvalue weighted by Crippen LogP contribution is 2.26. The number of rotatable bonds is 28. The normalized spacial score (nSPS) is 16.1. The molecule has 588 valence electrons. The van der Waals surface area contributed by atoms with Crippen LogP contribution in [0.4, 0.5) is 21.7 Å². The maximum atomic E-state index is 14.2. The molecule has 6 aromatic carbocycles. The number of carbonyl (C=O) groups is 6. The average molecular weight is 1540 g/mol. The van der Waals surface area contributed by atoms with Crippen molar-refractivity contribution in [3.05, 3.63) is 246 Å². The van der Waals surface area contributed by atoms with Crippen LogP contribution < -0.4 is 58.3 Å². The molecule has 3 aromatic heterocycles. The lowest BCUT2D eigenvalue weighted by Crippen LogP contribution is -2.56. The van der Waals surface area contributed by atoms with E-state index in [1.54, 1.807) is 98.7 Å². The van der Waals surface area contributed by atoms with E-state index in [4.69, 9.17) is 39.3 Å². The maximum absolute atomic E-state index is 14.2. The van der Waals surface area contributed by atoms with Crippen molar-refractivity contribution in [2.75, 3.05) is 106 Å². The highest BCUT2D eigenvalue weighted by atomic mass is 35.5. The summed E-state index contributed by atoms with van der Waals surface area (Å²) in [6.45, 7) is 4.83. The van der Waals surface area contributed by atoms with Gasteiger partial charge in [0.1, 0.15) is 35.6 Å². The highest BCUT2D eigenvalue weighted by molar-refractivity contribution is 6.30. The van der Waals surface area contributed by atoms with Gasteiger partial charge in [0.05, 0.1) is 63.0 Å². The van der Waals surface area contributed by atoms with Gasteiger partial charge in [0.25, 0.3) is 0 Å². The number of pyridine rings is 2. The van der Waals surface area contributed by atoms with Gasteiger partial charge >= 0.3 is 0 Å². The van der Waals surface area contributed by atoms with E-state index >= 15 is 0 Å². The molecule has 6 heterocycles. The number of piperidine rings is 1. The third-order valence-corrected chi connectivity index (χ3v) is 19.5. The van der Waals surface area contributed by atoms with Gasteiger partial charge < -0.3 is 78.1 Å². The number of phenolic OH excluding ortho intramolecular Hbond substituents is 1. The van der Waals surface area contributed by atoms with E-state index in [1.807, 2.05) is 131 Å². The fourth-order valence-electron chi connectivity index (χ4n) is 13.2. The summed E-state index contributed by atoms with van der Waals surface area (Å²) in [5.41, 5.74) is 30.4. The third kappa shape index (κ3) is 27.0. The molecular formula is C85H101ClFN17O8. The molecule has 0 bridgehead atoms. The zero-order valence-electron chi connectivity index (χ0n) is 63.0. The molecule has 4 unspecified atom stereocenters. The van der Waals surface area contributed by atoms with E-state index in [-0.39, 0.29) is 110 Å². The first-order valence-corrected chi connectivity index (χ1v) is 38.4. The van der Waals surface area contributed by atoms with E-state index in [1.165, 1.54) is 12.3 Å². The van der Waals surface area contributed by atoms with Crippen molar-refractivity contribution in [2.24, 2.45) is 22.9 Å². The fourth-order valence-corrected chi connectivity index (χ4v) is 13.5. The number of likely N-dealkylation sites (tertiary alicyclic amines) is 3. The van der Waals surface area contributed by atoms with Crippen molar-refractivity contribution < 1.29 is 43.0 Å². The molecule has 25 nitrogen and oxygen atoms in total. The van der Waals surface area contributed by atoms with Crippen molar-refractivity contribution in [2.45, 2.75) is 95.1 Å². The number of nitrogens with one attached hydrogen (secondary N) is 3. The second-order valence-electron chi connectivity index (χ2n) is 28.1. The number of benzene rings is 6. The number of aromatic nitrogens is 4. The Balaban J connectivity index is 0.000000178. The maximum Gasteiger partial charge on any atom is 0.242 e. The molecule has 12 N–H and O–H groups in total. The summed E-state index contributed by atoms with van der Waals surface area (Å²) in [7, 11) is 0. The SMILES string of the molecule is NC1CC(N)CN(C(=O)CN(CC(=O)NCCc2ccccc2O)c2ccc(-c3ccccc3F)nc2)C1.NC1CCCCN(C(=O)CN(CC(=O)NCCc2ccccc2)c2ccc(OCc3ccccc3)cn2)C1.NC1CCCN(C(=O)CN(CC(=O)NCc2cccc(Cl)c2)c2ccnc(-c3ccccc3)n2)CC1. The number of anilines is 3. The van der Waals surface area contributed by atoms with Gasteiger partial charge in [-0.05, 0) is 134 Å². The monoisotopic (exact) mass is 1540 g/mol. The van der Waals surface area contributed by atoms with Crippen LogP contribution in [0.25, 0.3) is 22.6 Å². The summed E-state index contributed by atoms with van der Waals surface area (Å²) < 4.78 is 20.1. The smallest absolute Gasteiger partial charge is 0.242 e. The predicted molar refractivity (Wildman–Crippen MR) is 434 cm³/mol. The van der Waals surface area contributed by atoms with Crippen molar-refractivity contribution in [1.29, 1.82) is 0 Å². The topological polar surface area (TPSA) is 343 Å². The van der Waals surface area contributed by atoms with Crippen LogP contribution in [0.1, 0.15) is 67.2 Å². The van der Waals surface area contributed by atoms with Crippen LogP contribution in [-0.4, -0.2) is 191 Å². The van der Waals surface area contributed by atoms with E-state index < -0.39 is 0 Å². The van der Waals surface area contributed by atoms with Gasteiger partial charge in [-0.1, -0.05) is 151 Å². The molecule has 9 aromatic rings. The Kier molecular flexibility index (Phi) is 32.1. The number of para-hydroxylation sites is 1. The molecule has 6 amide bonds. The van der Waals surface area contributed by atoms with Crippen LogP contribution in [0.2, 0.25) is 5.02 Å². The summed E-state index contributed by atoms with van der Waals surface area (Å²) in [6.07, 6.45) is 12.1. The van der Waals surface area contributed by atoms with Crippen LogP contribution in [0, 0.1) is 5.82 Å². The van der Waals surface area contributed by atoms with Gasteiger partial charge in [-0.25, -0.2) is 19.3 Å². The highest BCUT2D eigenvalue weighted by Gasteiger charge is 2.30. The predicted octanol–water partition coefficient (Wildman–Crippen LogP) is 8.07. The number of ether oxygens (including phenoxy) is 1. The van der Waals surface area contributed by atoms with Crippen LogP contribution in [0.15, 0.2) is 213 Å². The molecule has 3 fully saturated rings. The fraction of sp³-hybridized carbons (Fsp3) is 0.341. The second-order valence-corrected chi connectivity index (χ2v) is 28.6. The Morgan fingerprint density at radius 1 is 0.509 bits per heavy atom. The van der Waals surface area contributed by atoms with E-state index in [0.29, 0.717) is 124 Å². The number of hydrogen-bond acceptors (Lipinski definition) is 19. The lowest BCUT2D eigenvalue weighted by molar-refractivity contribution is -0.131. The minimum Gasteiger partial charge on any atom is -0.508 e. The number of nitrogens with two attached hydrogens (primary N) is 4. The van der Waals surface area contributed by atoms with Gasteiger partial charge in [-0.2, -0.15) is 0 Å². The van der Waals surface area contributed by atoms with Crippen molar-refractivity contribution in [3.8, 4) is 34.1 Å². The van der Waals surface area contributed by atoms with Gasteiger partial charge in [-0.15, -0.1) is 0 Å². The number of hydrogen-bond donors (Lipinski definition) is 8. The Hall–Kier alpha value is -11.4. The lowest BCUT2D eigenvalue weighted by atomic mass is 10.0. The first-order chi connectivity index (χ1) is 54.3. The van der Waals surface area contributed by atoms with E-state index in [2.05, 4.69) is 35.9 Å². The molecule has 112 heavy (non-hydrogen) atoms. The molecule has 0 aliphatic carbocycles. The second kappa shape index (κ2) is 43.3. The number of halogens is 2. The number of carbonyl (C=O) groups excluding carboxylic acids is 6. The minimum atomic E-state index is -0.388. The first-order valence-electron chi connectivity index (χ1n) is 38.0. The van der Waals surface area contributed by atoms with Crippen LogP contribution in [0.5, 0.6) is 11.5 Å². The summed E-state index contributed by atoms with van der Waals surface area (Å²) in [6, 6.07) is 58.6. The average Bonchev–Trinajstić information content (AvgIpc) is 0.852. The molecule has 0 saturated carbocycles. The van der Waals surface area contributed by atoms with E-state index in [9.17, 15) is 38.3 Å². The molecule has 3 aliphatic rings. The number of phenols is 1. The quantitative estimate of drug-likeness (QED) is 0.0230. The molecular weight excluding hydrogens is 1440 g/mol. The summed E-state index contributed by atoms with van der Waals surface area (Å²) in [5.74, 6) is 1.03. The molecule has 4 atom stereocenters. The molecule has 12 rings (SSSR count). The summed E-state index contributed by atoms with van der Waals surface area (Å²) >= 11 is 6.06. The Bertz CT molecular complexity index is 4460. The molecule has 0 spiro atoms. The van der Waals surface area contributed by atoms with Gasteiger partial charge in [-0.3, -0.25) is 33.8 Å². The van der Waals surface area contributed by atoms with Crippen molar-refractivity contribution in [3.63, 3.8) is 0 Å². The van der Waals surface area contributed by atoms with E-state index in [0.717, 1.165) is 72.8 Å². The van der Waals surface area contributed by atoms with Gasteiger partial charge in [0.15, 0.2) is 5.82 Å². The molecule has 3 aliphatic heterocycles. The lowest BCUT2D eigenvalue weighted by Gasteiger charge is -2.36. The number of aromatic hydroxyl groups is 1. The Morgan fingerprint density at radius 3 is 1.79 bits per heavy atom. The largest absolute Gasteiger partial charge is 0.508 e. The van der Waals surface area contributed by atoms with Gasteiger partial charge in [0.2, 0.25) is 35.4 Å². The van der Waals surface area contributed by atoms with Crippen molar-refractivity contribution >= 4 is 64.4 Å². The third-order valence-electron chi connectivity index (χ3n) is 19.3. The van der Waals surface area contributed by atoms with Crippen molar-refractivity contribution in [1.82, 2.24) is 50.6 Å².